The van der Waals surface area contributed by atoms with Crippen molar-refractivity contribution in [3.05, 3.63) is 72.4 Å². The van der Waals surface area contributed by atoms with E-state index in [2.05, 4.69) is 33.1 Å². The quantitative estimate of drug-likeness (QED) is 0.289. The lowest BCUT2D eigenvalue weighted by Crippen LogP contribution is -2.54. The summed E-state index contributed by atoms with van der Waals surface area (Å²) >= 11 is 0. The third-order valence-corrected chi connectivity index (χ3v) is 11.9. The summed E-state index contributed by atoms with van der Waals surface area (Å²) < 4.78 is 33.2. The molecule has 3 aromatic rings. The van der Waals surface area contributed by atoms with E-state index in [9.17, 15) is 18.5 Å². The zero-order valence-electron chi connectivity index (χ0n) is 26.2. The van der Waals surface area contributed by atoms with Crippen LogP contribution in [0.15, 0.2) is 76.8 Å². The Morgan fingerprint density at radius 1 is 1.02 bits per heavy atom. The van der Waals surface area contributed by atoms with Gasteiger partial charge in [0, 0.05) is 56.8 Å². The molecule has 0 amide bonds. The molecule has 2 saturated heterocycles. The summed E-state index contributed by atoms with van der Waals surface area (Å²) in [5.74, 6) is 0.566. The predicted octanol–water partition coefficient (Wildman–Crippen LogP) is 4.98. The minimum absolute atomic E-state index is 0.00229. The Labute approximate surface area is 266 Å². The number of piperidine rings is 1. The van der Waals surface area contributed by atoms with Crippen LogP contribution < -0.4 is 4.90 Å². The summed E-state index contributed by atoms with van der Waals surface area (Å²) in [5, 5.41) is 15.0. The van der Waals surface area contributed by atoms with E-state index in [0.29, 0.717) is 12.3 Å². The minimum Gasteiger partial charge on any atom is -0.462 e. The molecule has 3 aliphatic rings. The number of carbonyl (C=O) groups is 1. The summed E-state index contributed by atoms with van der Waals surface area (Å²) in [6.45, 7) is 6.61. The normalized spacial score (nSPS) is 22.8. The van der Waals surface area contributed by atoms with Crippen LogP contribution in [0.2, 0.25) is 0 Å². The number of benzene rings is 2. The molecule has 10 heteroatoms. The van der Waals surface area contributed by atoms with Gasteiger partial charge in [0.15, 0.2) is 5.03 Å². The summed E-state index contributed by atoms with van der Waals surface area (Å²) in [5.41, 5.74) is 1.41. The second-order valence-corrected chi connectivity index (χ2v) is 14.8. The first-order valence-corrected chi connectivity index (χ1v) is 17.7. The lowest BCUT2D eigenvalue weighted by molar-refractivity contribution is -0.151. The van der Waals surface area contributed by atoms with Gasteiger partial charge in [-0.1, -0.05) is 37.3 Å². The zero-order chi connectivity index (χ0) is 31.6. The van der Waals surface area contributed by atoms with E-state index in [1.165, 1.54) is 10.7 Å². The van der Waals surface area contributed by atoms with Crippen LogP contribution in [-0.4, -0.2) is 67.9 Å². The Kier molecular flexibility index (Phi) is 9.03. The maximum atomic E-state index is 12.9. The molecule has 1 saturated carbocycles. The first kappa shape index (κ1) is 31.3. The lowest BCUT2D eigenvalue weighted by atomic mass is 9.59. The van der Waals surface area contributed by atoms with Crippen molar-refractivity contribution in [2.75, 3.05) is 37.6 Å². The number of aryl methyl sites for hydroxylation is 1. The van der Waals surface area contributed by atoms with E-state index in [0.717, 1.165) is 76.1 Å². The standard InChI is InChI=1S/C35H43N5O4S/c1-3-34(41)44-32-11-7-10-31(32)35(25-36,27-8-5-4-6-9-27)28-16-20-39(21-17-28)22-26-23-40(24-26)29-12-14-30(15-13-29)45(42,43)33-18-19-38(2)37-33/h4-6,8-9,12-15,18-19,26,28,31-32H,3,7,10-11,16-17,20-24H2,1-2H3/t31-,32-,35?/m1/s1. The molecular weight excluding hydrogens is 586 g/mol. The molecule has 1 unspecified atom stereocenters. The average Bonchev–Trinajstić information content (AvgIpc) is 3.70. The van der Waals surface area contributed by atoms with E-state index < -0.39 is 15.3 Å². The van der Waals surface area contributed by atoms with Crippen molar-refractivity contribution >= 4 is 21.5 Å². The molecule has 3 heterocycles. The van der Waals surface area contributed by atoms with E-state index in [1.807, 2.05) is 37.3 Å². The van der Waals surface area contributed by atoms with Gasteiger partial charge in [-0.15, -0.1) is 0 Å². The summed E-state index contributed by atoms with van der Waals surface area (Å²) in [6.07, 6.45) is 6.36. The molecule has 9 nitrogen and oxygen atoms in total. The molecule has 0 bridgehead atoms. The van der Waals surface area contributed by atoms with Crippen LogP contribution >= 0.6 is 0 Å². The van der Waals surface area contributed by atoms with Gasteiger partial charge in [-0.2, -0.15) is 10.4 Å². The summed E-state index contributed by atoms with van der Waals surface area (Å²) in [6, 6.07) is 21.7. The van der Waals surface area contributed by atoms with Crippen LogP contribution in [0.1, 0.15) is 51.0 Å². The van der Waals surface area contributed by atoms with Crippen molar-refractivity contribution in [3.63, 3.8) is 0 Å². The van der Waals surface area contributed by atoms with Gasteiger partial charge in [-0.3, -0.25) is 9.48 Å². The summed E-state index contributed by atoms with van der Waals surface area (Å²) in [7, 11) is -1.93. The highest BCUT2D eigenvalue weighted by Crippen LogP contribution is 2.51. The van der Waals surface area contributed by atoms with Crippen molar-refractivity contribution in [1.82, 2.24) is 14.7 Å². The van der Waals surface area contributed by atoms with Crippen LogP contribution in [0.25, 0.3) is 0 Å². The van der Waals surface area contributed by atoms with Gasteiger partial charge in [-0.25, -0.2) is 8.42 Å². The lowest BCUT2D eigenvalue weighted by Gasteiger charge is -2.48. The molecule has 0 spiro atoms. The van der Waals surface area contributed by atoms with E-state index in [-0.39, 0.29) is 33.8 Å². The van der Waals surface area contributed by atoms with Gasteiger partial charge in [0.2, 0.25) is 9.84 Å². The number of aromatic nitrogens is 2. The van der Waals surface area contributed by atoms with Crippen molar-refractivity contribution in [3.8, 4) is 6.07 Å². The van der Waals surface area contributed by atoms with Crippen molar-refractivity contribution in [1.29, 1.82) is 5.26 Å². The molecular formula is C35H43N5O4S. The zero-order valence-corrected chi connectivity index (χ0v) is 27.0. The highest BCUT2D eigenvalue weighted by molar-refractivity contribution is 7.91. The van der Waals surface area contributed by atoms with Crippen molar-refractivity contribution < 1.29 is 17.9 Å². The number of nitriles is 1. The smallest absolute Gasteiger partial charge is 0.305 e. The Morgan fingerprint density at radius 2 is 1.73 bits per heavy atom. The highest BCUT2D eigenvalue weighted by atomic mass is 32.2. The Morgan fingerprint density at radius 3 is 2.36 bits per heavy atom. The second kappa shape index (κ2) is 13.0. The number of rotatable bonds is 10. The molecule has 2 aliphatic heterocycles. The fourth-order valence-electron chi connectivity index (χ4n) is 7.87. The Bertz CT molecular complexity index is 1620. The number of hydrogen-bond donors (Lipinski definition) is 0. The fraction of sp³-hybridized carbons (Fsp3) is 0.514. The van der Waals surface area contributed by atoms with Gasteiger partial charge in [-0.05, 0) is 87.0 Å². The number of esters is 1. The molecule has 6 rings (SSSR count). The number of nitrogens with zero attached hydrogens (tertiary/aromatic N) is 5. The molecule has 1 aliphatic carbocycles. The Hall–Kier alpha value is -3.68. The van der Waals surface area contributed by atoms with Crippen LogP contribution in [0.5, 0.6) is 0 Å². The third kappa shape index (κ3) is 6.12. The number of hydrogen-bond acceptors (Lipinski definition) is 8. The van der Waals surface area contributed by atoms with Crippen molar-refractivity contribution in [2.24, 2.45) is 24.8 Å². The van der Waals surface area contributed by atoms with Crippen LogP contribution in [0.4, 0.5) is 5.69 Å². The first-order chi connectivity index (χ1) is 21.7. The van der Waals surface area contributed by atoms with Crippen LogP contribution in [0, 0.1) is 29.1 Å². The molecule has 3 atom stereocenters. The molecule has 1 aromatic heterocycles. The van der Waals surface area contributed by atoms with Gasteiger partial charge in [0.25, 0.3) is 0 Å². The first-order valence-electron chi connectivity index (χ1n) is 16.2. The van der Waals surface area contributed by atoms with Crippen molar-refractivity contribution in [2.45, 2.75) is 66.9 Å². The maximum absolute atomic E-state index is 12.9. The van der Waals surface area contributed by atoms with E-state index in [4.69, 9.17) is 4.74 Å². The molecule has 2 aromatic carbocycles. The monoisotopic (exact) mass is 629 g/mol. The number of likely N-dealkylation sites (tertiary alicyclic amines) is 1. The molecule has 45 heavy (non-hydrogen) atoms. The number of carbonyl (C=O) groups excluding carboxylic acids is 1. The minimum atomic E-state index is -3.63. The fourth-order valence-corrected chi connectivity index (χ4v) is 9.08. The van der Waals surface area contributed by atoms with E-state index >= 15 is 0 Å². The Balaban J connectivity index is 1.07. The molecule has 0 N–H and O–H groups in total. The predicted molar refractivity (Wildman–Crippen MR) is 171 cm³/mol. The molecule has 0 radical (unpaired) electrons. The largest absolute Gasteiger partial charge is 0.462 e. The van der Waals surface area contributed by atoms with Crippen LogP contribution in [-0.2, 0) is 31.8 Å². The van der Waals surface area contributed by atoms with Gasteiger partial charge in [0.05, 0.1) is 16.4 Å². The number of ether oxygens (including phenoxy) is 1. The van der Waals surface area contributed by atoms with E-state index in [1.54, 1.807) is 25.4 Å². The van der Waals surface area contributed by atoms with Gasteiger partial charge >= 0.3 is 5.97 Å². The van der Waals surface area contributed by atoms with Gasteiger partial charge in [0.1, 0.15) is 6.10 Å². The highest BCUT2D eigenvalue weighted by Gasteiger charge is 2.53. The number of anilines is 1. The SMILES string of the molecule is CCC(=O)O[C@@H]1CCC[C@H]1C(C#N)(c1ccccc1)C1CCN(CC2CN(c3ccc(S(=O)(=O)c4ccn(C)n4)cc3)C2)CC1. The molecule has 3 fully saturated rings. The molecule has 238 valence electrons. The average molecular weight is 630 g/mol. The second-order valence-electron chi connectivity index (χ2n) is 12.9. The van der Waals surface area contributed by atoms with Crippen LogP contribution in [0.3, 0.4) is 0 Å². The van der Waals surface area contributed by atoms with Gasteiger partial charge < -0.3 is 14.5 Å². The topological polar surface area (TPSA) is 109 Å². The summed E-state index contributed by atoms with van der Waals surface area (Å²) in [4.78, 5) is 17.4. The number of sulfone groups is 1. The third-order valence-electron chi connectivity index (χ3n) is 10.2. The maximum Gasteiger partial charge on any atom is 0.305 e.